The van der Waals surface area contributed by atoms with Gasteiger partial charge in [0.25, 0.3) is 0 Å². The van der Waals surface area contributed by atoms with Crippen molar-refractivity contribution in [2.45, 2.75) is 38.6 Å². The van der Waals surface area contributed by atoms with Gasteiger partial charge in [-0.1, -0.05) is 103 Å². The Hall–Kier alpha value is -3.96. The zero-order valence-corrected chi connectivity index (χ0v) is 19.8. The van der Waals surface area contributed by atoms with Crippen LogP contribution in [0.5, 0.6) is 0 Å². The van der Waals surface area contributed by atoms with E-state index in [0.29, 0.717) is 6.42 Å². The lowest BCUT2D eigenvalue weighted by Gasteiger charge is -2.10. The fourth-order valence-corrected chi connectivity index (χ4v) is 4.16. The van der Waals surface area contributed by atoms with Gasteiger partial charge in [-0.2, -0.15) is 5.10 Å². The van der Waals surface area contributed by atoms with E-state index in [1.54, 1.807) is 0 Å². The predicted molar refractivity (Wildman–Crippen MR) is 142 cm³/mol. The van der Waals surface area contributed by atoms with Crippen molar-refractivity contribution in [2.24, 2.45) is 0 Å². The minimum absolute atomic E-state index is 0. The first-order chi connectivity index (χ1) is 16.7. The number of aromatic nitrogens is 2. The monoisotopic (exact) mass is 468 g/mol. The molecule has 1 aromatic heterocycles. The van der Waals surface area contributed by atoms with Gasteiger partial charge in [0, 0.05) is 29.7 Å². The number of benzene rings is 3. The molecule has 0 bridgehead atoms. The van der Waals surface area contributed by atoms with Crippen LogP contribution in [0.25, 0.3) is 33.6 Å². The molecule has 4 aromatic rings. The van der Waals surface area contributed by atoms with Gasteiger partial charge in [0.2, 0.25) is 0 Å². The zero-order chi connectivity index (χ0) is 23.6. The first kappa shape index (κ1) is 25.7. The molecule has 180 valence electrons. The summed E-state index contributed by atoms with van der Waals surface area (Å²) in [5.74, 6) is -0.732. The molecule has 0 aliphatic carbocycles. The summed E-state index contributed by atoms with van der Waals surface area (Å²) >= 11 is 0. The SMILES string of the molecule is O.O=C(O)CCC/C=C/CCCn1nc(-c2ccccc2)c(-c2ccccc2)c1-c1ccccc1. The molecule has 3 N–H and O–H groups in total. The minimum Gasteiger partial charge on any atom is -0.481 e. The molecule has 0 fully saturated rings. The lowest BCUT2D eigenvalue weighted by molar-refractivity contribution is -0.137. The largest absolute Gasteiger partial charge is 0.481 e. The van der Waals surface area contributed by atoms with E-state index in [-0.39, 0.29) is 11.9 Å². The highest BCUT2D eigenvalue weighted by Gasteiger charge is 2.21. The van der Waals surface area contributed by atoms with Gasteiger partial charge < -0.3 is 10.6 Å². The summed E-state index contributed by atoms with van der Waals surface area (Å²) in [6.45, 7) is 0.802. The van der Waals surface area contributed by atoms with Crippen LogP contribution in [-0.4, -0.2) is 26.3 Å². The van der Waals surface area contributed by atoms with Crippen molar-refractivity contribution in [3.8, 4) is 33.6 Å². The average Bonchev–Trinajstić information content (AvgIpc) is 3.26. The number of carboxylic acid groups (broad SMARTS) is 1. The first-order valence-corrected chi connectivity index (χ1v) is 11.9. The van der Waals surface area contributed by atoms with Crippen LogP contribution in [0.3, 0.4) is 0 Å². The number of nitrogens with zero attached hydrogens (tertiary/aromatic N) is 2. The number of carbonyl (C=O) groups is 1. The molecule has 0 saturated carbocycles. The molecule has 5 nitrogen and oxygen atoms in total. The molecule has 0 aliphatic rings. The number of aryl methyl sites for hydroxylation is 1. The Morgan fingerprint density at radius 2 is 1.26 bits per heavy atom. The molecule has 5 heteroatoms. The Balaban J connectivity index is 0.00000342. The van der Waals surface area contributed by atoms with Crippen LogP contribution in [0.2, 0.25) is 0 Å². The van der Waals surface area contributed by atoms with Gasteiger partial charge in [0.05, 0.1) is 5.69 Å². The third kappa shape index (κ3) is 6.78. The summed E-state index contributed by atoms with van der Waals surface area (Å²) in [5, 5.41) is 13.9. The van der Waals surface area contributed by atoms with Gasteiger partial charge in [0.15, 0.2) is 0 Å². The number of unbranched alkanes of at least 4 members (excludes halogenated alkanes) is 2. The molecule has 1 heterocycles. The van der Waals surface area contributed by atoms with E-state index >= 15 is 0 Å². The van der Waals surface area contributed by atoms with E-state index in [9.17, 15) is 4.79 Å². The number of aliphatic carboxylic acids is 1. The highest BCUT2D eigenvalue weighted by molar-refractivity contribution is 5.91. The molecule has 0 spiro atoms. The summed E-state index contributed by atoms with van der Waals surface area (Å²) in [6, 6.07) is 31.4. The van der Waals surface area contributed by atoms with Gasteiger partial charge in [-0.3, -0.25) is 9.48 Å². The van der Waals surface area contributed by atoms with Crippen LogP contribution in [0.4, 0.5) is 0 Å². The second-order valence-electron chi connectivity index (χ2n) is 8.29. The Labute approximate surface area is 206 Å². The van der Waals surface area contributed by atoms with Crippen LogP contribution in [0, 0.1) is 0 Å². The second kappa shape index (κ2) is 13.1. The Morgan fingerprint density at radius 1 is 0.743 bits per heavy atom. The third-order valence-electron chi connectivity index (χ3n) is 5.78. The minimum atomic E-state index is -0.732. The highest BCUT2D eigenvalue weighted by atomic mass is 16.4. The molecule has 0 atom stereocenters. The van der Waals surface area contributed by atoms with Crippen LogP contribution in [0.15, 0.2) is 103 Å². The molecular formula is C30H32N2O3. The standard InChI is InChI=1S/C30H30N2O2.H2O/c33-27(34)22-14-3-1-2-4-15-23-32-30(26-20-12-7-13-21-26)28(24-16-8-5-9-17-24)29(31-32)25-18-10-6-11-19-25;/h1-2,5-13,16-21H,3-4,14-15,22-23H2,(H,33,34);1H2/b2-1+;. The maximum absolute atomic E-state index is 10.6. The van der Waals surface area contributed by atoms with Crippen LogP contribution >= 0.6 is 0 Å². The van der Waals surface area contributed by atoms with E-state index < -0.39 is 5.97 Å². The van der Waals surface area contributed by atoms with E-state index in [4.69, 9.17) is 10.2 Å². The fraction of sp³-hybridized carbons (Fsp3) is 0.200. The quantitative estimate of drug-likeness (QED) is 0.197. The van der Waals surface area contributed by atoms with Gasteiger partial charge in [-0.05, 0) is 31.2 Å². The Morgan fingerprint density at radius 3 is 1.83 bits per heavy atom. The maximum Gasteiger partial charge on any atom is 0.303 e. The van der Waals surface area contributed by atoms with Gasteiger partial charge in [0.1, 0.15) is 5.69 Å². The number of hydrogen-bond acceptors (Lipinski definition) is 2. The lowest BCUT2D eigenvalue weighted by atomic mass is 9.96. The molecule has 0 saturated heterocycles. The van der Waals surface area contributed by atoms with Gasteiger partial charge >= 0.3 is 5.97 Å². The molecular weight excluding hydrogens is 436 g/mol. The zero-order valence-electron chi connectivity index (χ0n) is 19.8. The normalized spacial score (nSPS) is 10.9. The predicted octanol–water partition coefficient (Wildman–Crippen LogP) is 6.65. The Bertz CT molecular complexity index is 1220. The maximum atomic E-state index is 10.6. The van der Waals surface area contributed by atoms with E-state index in [2.05, 4.69) is 89.6 Å². The number of hydrogen-bond donors (Lipinski definition) is 1. The van der Waals surface area contributed by atoms with Crippen LogP contribution < -0.4 is 0 Å². The van der Waals surface area contributed by atoms with Crippen molar-refractivity contribution < 1.29 is 15.4 Å². The molecule has 4 rings (SSSR count). The van der Waals surface area contributed by atoms with E-state index in [1.165, 1.54) is 0 Å². The van der Waals surface area contributed by atoms with Crippen LogP contribution in [-0.2, 0) is 11.3 Å². The molecule has 0 unspecified atom stereocenters. The number of rotatable bonds is 11. The summed E-state index contributed by atoms with van der Waals surface area (Å²) in [6.07, 6.45) is 7.85. The van der Waals surface area contributed by atoms with Crippen molar-refractivity contribution in [3.63, 3.8) is 0 Å². The van der Waals surface area contributed by atoms with Crippen molar-refractivity contribution in [1.29, 1.82) is 0 Å². The van der Waals surface area contributed by atoms with Gasteiger partial charge in [-0.15, -0.1) is 0 Å². The topological polar surface area (TPSA) is 86.6 Å². The van der Waals surface area contributed by atoms with Crippen molar-refractivity contribution in [2.75, 3.05) is 0 Å². The van der Waals surface area contributed by atoms with E-state index in [0.717, 1.165) is 59.4 Å². The summed E-state index contributed by atoms with van der Waals surface area (Å²) in [5.41, 5.74) is 6.70. The van der Waals surface area contributed by atoms with Gasteiger partial charge in [-0.25, -0.2) is 0 Å². The average molecular weight is 469 g/mol. The first-order valence-electron chi connectivity index (χ1n) is 11.9. The van der Waals surface area contributed by atoms with Crippen molar-refractivity contribution in [1.82, 2.24) is 9.78 Å². The molecule has 0 radical (unpaired) electrons. The second-order valence-corrected chi connectivity index (χ2v) is 8.29. The lowest BCUT2D eigenvalue weighted by Crippen LogP contribution is -2.02. The summed E-state index contributed by atoms with van der Waals surface area (Å²) in [4.78, 5) is 10.6. The number of carboxylic acids is 1. The Kier molecular flexibility index (Phi) is 9.58. The van der Waals surface area contributed by atoms with E-state index in [1.807, 2.05) is 18.2 Å². The molecule has 35 heavy (non-hydrogen) atoms. The molecule has 0 aliphatic heterocycles. The summed E-state index contributed by atoms with van der Waals surface area (Å²) in [7, 11) is 0. The molecule has 0 amide bonds. The smallest absolute Gasteiger partial charge is 0.303 e. The molecule has 3 aromatic carbocycles. The third-order valence-corrected chi connectivity index (χ3v) is 5.78. The van der Waals surface area contributed by atoms with Crippen molar-refractivity contribution in [3.05, 3.63) is 103 Å². The highest BCUT2D eigenvalue weighted by Crippen LogP contribution is 2.40. The number of allylic oxidation sites excluding steroid dienone is 2. The van der Waals surface area contributed by atoms with Crippen LogP contribution in [0.1, 0.15) is 32.1 Å². The fourth-order valence-electron chi connectivity index (χ4n) is 4.16. The summed E-state index contributed by atoms with van der Waals surface area (Å²) < 4.78 is 2.15. The van der Waals surface area contributed by atoms with Crippen molar-refractivity contribution >= 4 is 5.97 Å².